The lowest BCUT2D eigenvalue weighted by atomic mass is 10.1. The Hall–Kier alpha value is -0.900. The predicted molar refractivity (Wildman–Crippen MR) is 62.8 cm³/mol. The first-order valence-electron chi connectivity index (χ1n) is 5.52. The van der Waals surface area contributed by atoms with Crippen molar-refractivity contribution in [2.24, 2.45) is 0 Å². The van der Waals surface area contributed by atoms with Gasteiger partial charge >= 0.3 is 0 Å². The molecule has 0 bridgehead atoms. The second-order valence-corrected chi connectivity index (χ2v) is 3.71. The van der Waals surface area contributed by atoms with Crippen LogP contribution in [0.4, 0.5) is 0 Å². The van der Waals surface area contributed by atoms with E-state index in [-0.39, 0.29) is 19.3 Å². The molecule has 3 heteroatoms. The first-order chi connectivity index (χ1) is 7.77. The minimum absolute atomic E-state index is 0.0556. The zero-order valence-corrected chi connectivity index (χ0v) is 9.38. The molecule has 0 amide bonds. The molecule has 2 unspecified atom stereocenters. The summed E-state index contributed by atoms with van der Waals surface area (Å²) in [7, 11) is 0. The van der Waals surface area contributed by atoms with E-state index >= 15 is 0 Å². The Morgan fingerprint density at radius 1 is 1.25 bits per heavy atom. The molecule has 0 heterocycles. The second-order valence-electron chi connectivity index (χ2n) is 3.71. The van der Waals surface area contributed by atoms with Crippen molar-refractivity contribution < 1.29 is 14.9 Å². The Labute approximate surface area is 96.7 Å². The molecular formula is C13H19O3. The molecule has 0 spiro atoms. The molecule has 2 atom stereocenters. The Morgan fingerprint density at radius 3 is 2.50 bits per heavy atom. The summed E-state index contributed by atoms with van der Waals surface area (Å²) in [6, 6.07) is 9.85. The highest BCUT2D eigenvalue weighted by atomic mass is 16.5. The molecule has 1 rings (SSSR count). The molecule has 0 aliphatic heterocycles. The van der Waals surface area contributed by atoms with E-state index in [0.29, 0.717) is 0 Å². The summed E-state index contributed by atoms with van der Waals surface area (Å²) in [5.41, 5.74) is 1.08. The maximum absolute atomic E-state index is 9.23. The third kappa shape index (κ3) is 4.31. The molecule has 1 aromatic rings. The molecule has 0 aliphatic rings. The number of hydrogen-bond acceptors (Lipinski definition) is 3. The van der Waals surface area contributed by atoms with E-state index in [2.05, 4.69) is 6.92 Å². The molecule has 16 heavy (non-hydrogen) atoms. The van der Waals surface area contributed by atoms with Crippen LogP contribution in [0.5, 0.6) is 0 Å². The fraction of sp³-hybridized carbons (Fsp3) is 0.462. The van der Waals surface area contributed by atoms with Gasteiger partial charge in [0.25, 0.3) is 0 Å². The van der Waals surface area contributed by atoms with E-state index in [1.165, 1.54) is 0 Å². The van der Waals surface area contributed by atoms with Crippen molar-refractivity contribution >= 4 is 0 Å². The second kappa shape index (κ2) is 7.39. The molecule has 0 saturated heterocycles. The van der Waals surface area contributed by atoms with Crippen LogP contribution in [-0.4, -0.2) is 29.5 Å². The third-order valence-corrected chi connectivity index (χ3v) is 2.34. The summed E-state index contributed by atoms with van der Waals surface area (Å²) in [5, 5.41) is 17.9. The van der Waals surface area contributed by atoms with E-state index in [0.717, 1.165) is 18.4 Å². The van der Waals surface area contributed by atoms with Crippen molar-refractivity contribution in [3.63, 3.8) is 0 Å². The Balaban J connectivity index is 2.54. The Bertz CT molecular complexity index is 274. The molecule has 0 aromatic heterocycles. The number of rotatable bonds is 7. The average Bonchev–Trinajstić information content (AvgIpc) is 2.35. The quantitative estimate of drug-likeness (QED) is 0.740. The molecule has 0 fully saturated rings. The standard InChI is InChI=1S/C13H19O3/c1-2-6-13(16-10-12(15)9-14)11-7-4-3-5-8-11/h3-5,7-8,12-15H,1-2,6,9-10H2. The van der Waals surface area contributed by atoms with Crippen LogP contribution in [0.15, 0.2) is 30.3 Å². The summed E-state index contributed by atoms with van der Waals surface area (Å²) in [4.78, 5) is 0. The SMILES string of the molecule is [CH2]CCC(OCC(O)CO)c1ccccc1. The third-order valence-electron chi connectivity index (χ3n) is 2.34. The van der Waals surface area contributed by atoms with Crippen molar-refractivity contribution in [2.75, 3.05) is 13.2 Å². The van der Waals surface area contributed by atoms with Crippen LogP contribution in [0.1, 0.15) is 24.5 Å². The number of aliphatic hydroxyl groups is 2. The van der Waals surface area contributed by atoms with Crippen LogP contribution in [0, 0.1) is 6.92 Å². The number of hydrogen-bond donors (Lipinski definition) is 2. The fourth-order valence-corrected chi connectivity index (χ4v) is 1.48. The normalized spacial score (nSPS) is 14.7. The molecular weight excluding hydrogens is 204 g/mol. The molecule has 0 aliphatic carbocycles. The van der Waals surface area contributed by atoms with E-state index in [9.17, 15) is 5.11 Å². The highest BCUT2D eigenvalue weighted by Gasteiger charge is 2.12. The number of ether oxygens (including phenoxy) is 1. The Kier molecular flexibility index (Phi) is 6.08. The van der Waals surface area contributed by atoms with Gasteiger partial charge in [0, 0.05) is 0 Å². The molecule has 1 radical (unpaired) electrons. The van der Waals surface area contributed by atoms with Gasteiger partial charge in [-0.05, 0) is 12.0 Å². The summed E-state index contributed by atoms with van der Waals surface area (Å²) in [6.07, 6.45) is 0.715. The van der Waals surface area contributed by atoms with Crippen LogP contribution in [0.2, 0.25) is 0 Å². The van der Waals surface area contributed by atoms with Gasteiger partial charge < -0.3 is 14.9 Å². The maximum atomic E-state index is 9.23. The van der Waals surface area contributed by atoms with Gasteiger partial charge in [0.2, 0.25) is 0 Å². The maximum Gasteiger partial charge on any atom is 0.100 e. The number of benzene rings is 1. The van der Waals surface area contributed by atoms with E-state index in [1.807, 2.05) is 30.3 Å². The molecule has 1 aromatic carbocycles. The van der Waals surface area contributed by atoms with Gasteiger partial charge in [-0.3, -0.25) is 0 Å². The van der Waals surface area contributed by atoms with E-state index < -0.39 is 6.10 Å². The van der Waals surface area contributed by atoms with Crippen LogP contribution in [-0.2, 0) is 4.74 Å². The Morgan fingerprint density at radius 2 is 1.94 bits per heavy atom. The monoisotopic (exact) mass is 223 g/mol. The largest absolute Gasteiger partial charge is 0.394 e. The zero-order chi connectivity index (χ0) is 11.8. The van der Waals surface area contributed by atoms with Gasteiger partial charge in [-0.1, -0.05) is 43.7 Å². The van der Waals surface area contributed by atoms with Gasteiger partial charge in [0.15, 0.2) is 0 Å². The van der Waals surface area contributed by atoms with Gasteiger partial charge in [0.1, 0.15) is 6.10 Å². The predicted octanol–water partition coefficient (Wildman–Crippen LogP) is 1.71. The molecule has 89 valence electrons. The van der Waals surface area contributed by atoms with Gasteiger partial charge in [0.05, 0.1) is 19.3 Å². The van der Waals surface area contributed by atoms with Crippen molar-refractivity contribution in [3.05, 3.63) is 42.8 Å². The zero-order valence-electron chi connectivity index (χ0n) is 9.38. The summed E-state index contributed by atoms with van der Waals surface area (Å²) >= 11 is 0. The minimum Gasteiger partial charge on any atom is -0.394 e. The first kappa shape index (κ1) is 13.2. The molecule has 3 nitrogen and oxygen atoms in total. The van der Waals surface area contributed by atoms with Gasteiger partial charge in [-0.25, -0.2) is 0 Å². The first-order valence-corrected chi connectivity index (χ1v) is 5.52. The molecule has 2 N–H and O–H groups in total. The van der Waals surface area contributed by atoms with Crippen LogP contribution in [0.25, 0.3) is 0 Å². The van der Waals surface area contributed by atoms with Crippen molar-refractivity contribution in [1.82, 2.24) is 0 Å². The van der Waals surface area contributed by atoms with Crippen LogP contribution in [0.3, 0.4) is 0 Å². The van der Waals surface area contributed by atoms with Gasteiger partial charge in [-0.2, -0.15) is 0 Å². The van der Waals surface area contributed by atoms with Crippen molar-refractivity contribution in [2.45, 2.75) is 25.0 Å². The average molecular weight is 223 g/mol. The highest BCUT2D eigenvalue weighted by molar-refractivity contribution is 5.17. The fourth-order valence-electron chi connectivity index (χ4n) is 1.48. The lowest BCUT2D eigenvalue weighted by Gasteiger charge is -2.19. The minimum atomic E-state index is -0.809. The van der Waals surface area contributed by atoms with Crippen LogP contribution < -0.4 is 0 Å². The lowest BCUT2D eigenvalue weighted by molar-refractivity contribution is -0.0321. The number of aliphatic hydroxyl groups excluding tert-OH is 2. The summed E-state index contributed by atoms with van der Waals surface area (Å²) < 4.78 is 5.57. The lowest BCUT2D eigenvalue weighted by Crippen LogP contribution is -2.21. The van der Waals surface area contributed by atoms with Gasteiger partial charge in [-0.15, -0.1) is 0 Å². The van der Waals surface area contributed by atoms with E-state index in [1.54, 1.807) is 0 Å². The topological polar surface area (TPSA) is 49.7 Å². The van der Waals surface area contributed by atoms with Crippen molar-refractivity contribution in [3.8, 4) is 0 Å². The molecule has 0 saturated carbocycles. The highest BCUT2D eigenvalue weighted by Crippen LogP contribution is 2.22. The summed E-state index contributed by atoms with van der Waals surface area (Å²) in [6.45, 7) is 3.68. The smallest absolute Gasteiger partial charge is 0.100 e. The van der Waals surface area contributed by atoms with Crippen LogP contribution >= 0.6 is 0 Å². The van der Waals surface area contributed by atoms with Crippen molar-refractivity contribution in [1.29, 1.82) is 0 Å². The van der Waals surface area contributed by atoms with E-state index in [4.69, 9.17) is 9.84 Å². The summed E-state index contributed by atoms with van der Waals surface area (Å²) in [5.74, 6) is 0.